The second-order valence-electron chi connectivity index (χ2n) is 9.32. The molecule has 0 aliphatic carbocycles. The highest BCUT2D eigenvalue weighted by molar-refractivity contribution is 9.10. The van der Waals surface area contributed by atoms with Gasteiger partial charge in [0.1, 0.15) is 10.6 Å². The highest BCUT2D eigenvalue weighted by Crippen LogP contribution is 2.47. The molecule has 0 saturated carbocycles. The van der Waals surface area contributed by atoms with Crippen LogP contribution in [0, 0.1) is 0 Å². The molecule has 0 fully saturated rings. The molecule has 3 aromatic carbocycles. The molecule has 0 saturated heterocycles. The lowest BCUT2D eigenvalue weighted by Gasteiger charge is -2.38. The first-order chi connectivity index (χ1) is 16.9. The number of pyridine rings is 1. The van der Waals surface area contributed by atoms with Gasteiger partial charge in [0.15, 0.2) is 0 Å². The smallest absolute Gasteiger partial charge is 0.101 e. The Hall–Kier alpha value is -2.18. The zero-order chi connectivity index (χ0) is 24.8. The topological polar surface area (TPSA) is 36.4 Å². The number of nitrogens with zero attached hydrogens (tertiary/aromatic N) is 2. The van der Waals surface area contributed by atoms with Crippen LogP contribution in [0.5, 0.6) is 0 Å². The van der Waals surface area contributed by atoms with E-state index < -0.39 is 5.60 Å². The third-order valence-electron chi connectivity index (χ3n) is 6.57. The second-order valence-corrected chi connectivity index (χ2v) is 11.0. The van der Waals surface area contributed by atoms with Crippen molar-refractivity contribution in [1.82, 2.24) is 9.88 Å². The van der Waals surface area contributed by atoms with Crippen molar-refractivity contribution in [1.29, 1.82) is 0 Å². The van der Waals surface area contributed by atoms with E-state index in [1.165, 1.54) is 0 Å². The Balaban J connectivity index is 1.92. The van der Waals surface area contributed by atoms with E-state index in [-0.39, 0.29) is 5.92 Å². The quantitative estimate of drug-likeness (QED) is 0.164. The molecule has 5 heteroatoms. The zero-order valence-electron chi connectivity index (χ0n) is 20.6. The molecule has 1 aromatic heterocycles. The summed E-state index contributed by atoms with van der Waals surface area (Å²) in [5, 5.41) is 14.7. The Bertz CT molecular complexity index is 1250. The maximum Gasteiger partial charge on any atom is 0.101 e. The zero-order valence-corrected chi connectivity index (χ0v) is 23.0. The second kappa shape index (κ2) is 11.7. The van der Waals surface area contributed by atoms with Crippen LogP contribution >= 0.6 is 27.7 Å². The van der Waals surface area contributed by atoms with Crippen molar-refractivity contribution in [3.8, 4) is 0 Å². The van der Waals surface area contributed by atoms with Crippen molar-refractivity contribution in [2.24, 2.45) is 0 Å². The normalized spacial score (nSPS) is 14.2. The highest BCUT2D eigenvalue weighted by atomic mass is 79.9. The SMILES string of the molecule is CSc1nc2ccc(Br)cc2cc1[C@@H](c1ccccc1)[C@@](O)(CCCCN(C)C)c1ccccc1. The number of aromatic nitrogens is 1. The molecule has 0 aliphatic heterocycles. The molecule has 1 heterocycles. The van der Waals surface area contributed by atoms with Crippen LogP contribution in [0.15, 0.2) is 94.4 Å². The highest BCUT2D eigenvalue weighted by Gasteiger charge is 2.41. The molecule has 0 spiro atoms. The Kier molecular flexibility index (Phi) is 8.66. The van der Waals surface area contributed by atoms with Crippen molar-refractivity contribution >= 4 is 38.6 Å². The van der Waals surface area contributed by atoms with Gasteiger partial charge < -0.3 is 10.0 Å². The van der Waals surface area contributed by atoms with Gasteiger partial charge in [0, 0.05) is 15.8 Å². The average molecular weight is 550 g/mol. The molecule has 0 bridgehead atoms. The van der Waals surface area contributed by atoms with Gasteiger partial charge in [0.05, 0.1) is 5.52 Å². The van der Waals surface area contributed by atoms with E-state index in [9.17, 15) is 5.11 Å². The summed E-state index contributed by atoms with van der Waals surface area (Å²) in [6, 6.07) is 29.0. The summed E-state index contributed by atoms with van der Waals surface area (Å²) in [4.78, 5) is 7.23. The van der Waals surface area contributed by atoms with Gasteiger partial charge in [-0.15, -0.1) is 11.8 Å². The Morgan fingerprint density at radius 2 is 1.63 bits per heavy atom. The van der Waals surface area contributed by atoms with Crippen molar-refractivity contribution in [2.75, 3.05) is 26.9 Å². The summed E-state index contributed by atoms with van der Waals surface area (Å²) in [6.45, 7) is 1.00. The lowest BCUT2D eigenvalue weighted by Crippen LogP contribution is -2.35. The Labute approximate surface area is 221 Å². The molecule has 0 radical (unpaired) electrons. The molecular weight excluding hydrogens is 516 g/mol. The molecule has 1 N–H and O–H groups in total. The van der Waals surface area contributed by atoms with Gasteiger partial charge >= 0.3 is 0 Å². The first-order valence-corrected chi connectivity index (χ1v) is 14.1. The number of hydrogen-bond donors (Lipinski definition) is 1. The predicted molar refractivity (Wildman–Crippen MR) is 152 cm³/mol. The fourth-order valence-corrected chi connectivity index (χ4v) is 5.86. The van der Waals surface area contributed by atoms with Gasteiger partial charge in [-0.3, -0.25) is 0 Å². The van der Waals surface area contributed by atoms with Gasteiger partial charge in [0.2, 0.25) is 0 Å². The molecule has 2 atom stereocenters. The molecule has 0 aliphatic rings. The number of unbranched alkanes of at least 4 members (excludes halogenated alkanes) is 1. The van der Waals surface area contributed by atoms with Crippen molar-refractivity contribution in [3.63, 3.8) is 0 Å². The van der Waals surface area contributed by atoms with Crippen LogP contribution in [0.2, 0.25) is 0 Å². The van der Waals surface area contributed by atoms with Crippen LogP contribution < -0.4 is 0 Å². The largest absolute Gasteiger partial charge is 0.384 e. The molecule has 0 unspecified atom stereocenters. The van der Waals surface area contributed by atoms with Crippen molar-refractivity contribution in [3.05, 3.63) is 106 Å². The summed E-state index contributed by atoms with van der Waals surface area (Å²) in [6.07, 6.45) is 4.68. The molecule has 0 amide bonds. The molecule has 4 rings (SSSR count). The number of halogens is 1. The van der Waals surface area contributed by atoms with Crippen LogP contribution in [0.1, 0.15) is 41.9 Å². The molecular formula is C30H33BrN2OS. The van der Waals surface area contributed by atoms with Gasteiger partial charge in [-0.1, -0.05) is 76.6 Å². The number of thioether (sulfide) groups is 1. The molecule has 35 heavy (non-hydrogen) atoms. The fourth-order valence-electron chi connectivity index (χ4n) is 4.88. The van der Waals surface area contributed by atoms with E-state index in [0.29, 0.717) is 6.42 Å². The third kappa shape index (κ3) is 5.97. The lowest BCUT2D eigenvalue weighted by atomic mass is 9.71. The monoisotopic (exact) mass is 548 g/mol. The Morgan fingerprint density at radius 1 is 0.943 bits per heavy atom. The summed E-state index contributed by atoms with van der Waals surface area (Å²) >= 11 is 5.26. The minimum Gasteiger partial charge on any atom is -0.384 e. The predicted octanol–water partition coefficient (Wildman–Crippen LogP) is 7.47. The number of aliphatic hydroxyl groups is 1. The van der Waals surface area contributed by atoms with E-state index in [1.54, 1.807) is 11.8 Å². The van der Waals surface area contributed by atoms with Crippen LogP contribution in [0.4, 0.5) is 0 Å². The fraction of sp³-hybridized carbons (Fsp3) is 0.300. The van der Waals surface area contributed by atoms with E-state index in [0.717, 1.165) is 56.5 Å². The maximum atomic E-state index is 12.7. The molecule has 3 nitrogen and oxygen atoms in total. The number of rotatable bonds is 10. The number of fused-ring (bicyclic) bond motifs is 1. The van der Waals surface area contributed by atoms with Gasteiger partial charge in [-0.05, 0) is 87.1 Å². The minimum absolute atomic E-state index is 0.260. The van der Waals surface area contributed by atoms with Gasteiger partial charge in [-0.25, -0.2) is 4.98 Å². The van der Waals surface area contributed by atoms with Gasteiger partial charge in [0.25, 0.3) is 0 Å². The number of benzene rings is 3. The summed E-state index contributed by atoms with van der Waals surface area (Å²) in [5.41, 5.74) is 2.98. The summed E-state index contributed by atoms with van der Waals surface area (Å²) < 4.78 is 1.02. The van der Waals surface area contributed by atoms with E-state index in [2.05, 4.69) is 89.7 Å². The molecule has 4 aromatic rings. The number of hydrogen-bond acceptors (Lipinski definition) is 4. The van der Waals surface area contributed by atoms with E-state index >= 15 is 0 Å². The van der Waals surface area contributed by atoms with Crippen LogP contribution in [0.3, 0.4) is 0 Å². The summed E-state index contributed by atoms with van der Waals surface area (Å²) in [7, 11) is 4.19. The standard InChI is InChI=1S/C30H33BrN2OS/c1-33(2)19-11-10-18-30(34,24-14-8-5-9-15-24)28(22-12-6-4-7-13-22)26-21-23-20-25(31)16-17-27(23)32-29(26)35-3/h4-9,12-17,20-21,28,34H,10-11,18-19H2,1-3H3/t28-,30-/m1/s1. The van der Waals surface area contributed by atoms with E-state index in [1.807, 2.05) is 36.4 Å². The Morgan fingerprint density at radius 3 is 2.29 bits per heavy atom. The van der Waals surface area contributed by atoms with Gasteiger partial charge in [-0.2, -0.15) is 0 Å². The summed E-state index contributed by atoms with van der Waals surface area (Å²) in [5.74, 6) is -0.260. The van der Waals surface area contributed by atoms with Crippen LogP contribution in [-0.2, 0) is 5.60 Å². The first kappa shape index (κ1) is 25.9. The minimum atomic E-state index is -1.08. The van der Waals surface area contributed by atoms with Crippen LogP contribution in [-0.4, -0.2) is 41.9 Å². The first-order valence-electron chi connectivity index (χ1n) is 12.0. The third-order valence-corrected chi connectivity index (χ3v) is 7.78. The molecule has 182 valence electrons. The maximum absolute atomic E-state index is 12.7. The van der Waals surface area contributed by atoms with Crippen molar-refractivity contribution < 1.29 is 5.11 Å². The lowest BCUT2D eigenvalue weighted by molar-refractivity contribution is 0.00670. The van der Waals surface area contributed by atoms with E-state index in [4.69, 9.17) is 4.98 Å². The van der Waals surface area contributed by atoms with Crippen molar-refractivity contribution in [2.45, 2.75) is 35.8 Å². The average Bonchev–Trinajstić information content (AvgIpc) is 2.87. The van der Waals surface area contributed by atoms with Crippen LogP contribution in [0.25, 0.3) is 10.9 Å².